The van der Waals surface area contributed by atoms with Crippen LogP contribution in [0.4, 0.5) is 13.2 Å². The van der Waals surface area contributed by atoms with Gasteiger partial charge in [0.1, 0.15) is 12.6 Å². The molecule has 0 aromatic heterocycles. The summed E-state index contributed by atoms with van der Waals surface area (Å²) in [6.45, 7) is 2.49. The molecule has 1 amide bonds. The minimum Gasteiger partial charge on any atom is -0.480 e. The van der Waals surface area contributed by atoms with E-state index in [1.807, 2.05) is 0 Å². The van der Waals surface area contributed by atoms with Gasteiger partial charge in [-0.15, -0.1) is 0 Å². The second kappa shape index (κ2) is 7.11. The van der Waals surface area contributed by atoms with Gasteiger partial charge in [0.05, 0.1) is 5.92 Å². The average Bonchev–Trinajstić information content (AvgIpc) is 2.42. The fourth-order valence-corrected chi connectivity index (χ4v) is 2.54. The molecule has 0 spiro atoms. The van der Waals surface area contributed by atoms with Gasteiger partial charge in [0.25, 0.3) is 0 Å². The molecule has 8 heteroatoms. The maximum absolute atomic E-state index is 12.4. The van der Waals surface area contributed by atoms with Crippen LogP contribution in [-0.2, 0) is 9.59 Å². The third-order valence-electron chi connectivity index (χ3n) is 3.77. The van der Waals surface area contributed by atoms with E-state index in [2.05, 4.69) is 0 Å². The van der Waals surface area contributed by atoms with E-state index in [4.69, 9.17) is 5.11 Å². The number of carbonyl (C=O) groups is 2. The summed E-state index contributed by atoms with van der Waals surface area (Å²) in [5, 5.41) is 8.98. The van der Waals surface area contributed by atoms with E-state index < -0.39 is 36.6 Å². The van der Waals surface area contributed by atoms with Crippen LogP contribution in [0.1, 0.15) is 26.7 Å². The van der Waals surface area contributed by atoms with Crippen molar-refractivity contribution in [2.45, 2.75) is 38.9 Å². The lowest BCUT2D eigenvalue weighted by atomic mass is 9.95. The molecule has 0 unspecified atom stereocenters. The molecule has 0 radical (unpaired) electrons. The number of alkyl halides is 3. The van der Waals surface area contributed by atoms with Crippen LogP contribution in [-0.4, -0.2) is 65.2 Å². The zero-order chi connectivity index (χ0) is 16.2. The van der Waals surface area contributed by atoms with Crippen molar-refractivity contribution in [2.75, 3.05) is 26.2 Å². The number of piperidine rings is 1. The normalized spacial score (nSPS) is 21.9. The SMILES string of the molecule is CCN(CC(F)(F)F)C(=O)[C@@H]1CCCN([C@@H](C)C(=O)O)C1. The van der Waals surface area contributed by atoms with Crippen molar-refractivity contribution in [1.29, 1.82) is 0 Å². The van der Waals surface area contributed by atoms with Gasteiger partial charge < -0.3 is 10.0 Å². The molecule has 122 valence electrons. The number of likely N-dealkylation sites (tertiary alicyclic amines) is 1. The quantitative estimate of drug-likeness (QED) is 0.837. The molecule has 1 fully saturated rings. The summed E-state index contributed by atoms with van der Waals surface area (Å²) in [6, 6.07) is -0.738. The van der Waals surface area contributed by atoms with Crippen LogP contribution in [0.5, 0.6) is 0 Å². The van der Waals surface area contributed by atoms with Gasteiger partial charge in [0, 0.05) is 13.1 Å². The van der Waals surface area contributed by atoms with Gasteiger partial charge >= 0.3 is 12.1 Å². The number of halogens is 3. The standard InChI is InChI=1S/C13H21F3N2O3/c1-3-17(8-13(14,15)16)11(19)10-5-4-6-18(7-10)9(2)12(20)21/h9-10H,3-8H2,1-2H3,(H,20,21)/t9-,10+/m0/s1. The van der Waals surface area contributed by atoms with E-state index in [9.17, 15) is 22.8 Å². The smallest absolute Gasteiger partial charge is 0.406 e. The Morgan fingerprint density at radius 1 is 1.43 bits per heavy atom. The molecule has 1 N–H and O–H groups in total. The Balaban J connectivity index is 2.70. The molecular weight excluding hydrogens is 289 g/mol. The second-order valence-corrected chi connectivity index (χ2v) is 5.32. The first-order valence-corrected chi connectivity index (χ1v) is 6.98. The summed E-state index contributed by atoms with van der Waals surface area (Å²) >= 11 is 0. The summed E-state index contributed by atoms with van der Waals surface area (Å²) in [4.78, 5) is 25.6. The Morgan fingerprint density at radius 3 is 2.52 bits per heavy atom. The molecular formula is C13H21F3N2O3. The highest BCUT2D eigenvalue weighted by atomic mass is 19.4. The fraction of sp³-hybridized carbons (Fsp3) is 0.846. The molecule has 1 aliphatic rings. The topological polar surface area (TPSA) is 60.9 Å². The van der Waals surface area contributed by atoms with Crippen molar-refractivity contribution in [3.63, 3.8) is 0 Å². The van der Waals surface area contributed by atoms with Crippen LogP contribution in [0, 0.1) is 5.92 Å². The van der Waals surface area contributed by atoms with E-state index in [-0.39, 0.29) is 13.1 Å². The lowest BCUT2D eigenvalue weighted by Crippen LogP contribution is -2.50. The van der Waals surface area contributed by atoms with Crippen molar-refractivity contribution in [3.8, 4) is 0 Å². The number of nitrogens with zero attached hydrogens (tertiary/aromatic N) is 2. The van der Waals surface area contributed by atoms with Crippen LogP contribution in [0.2, 0.25) is 0 Å². The van der Waals surface area contributed by atoms with Crippen molar-refractivity contribution >= 4 is 11.9 Å². The lowest BCUT2D eigenvalue weighted by Gasteiger charge is -2.36. The summed E-state index contributed by atoms with van der Waals surface area (Å²) in [5.74, 6) is -2.11. The van der Waals surface area contributed by atoms with Gasteiger partial charge in [-0.25, -0.2) is 0 Å². The number of hydrogen-bond acceptors (Lipinski definition) is 3. The molecule has 1 heterocycles. The van der Waals surface area contributed by atoms with E-state index in [1.54, 1.807) is 4.90 Å². The monoisotopic (exact) mass is 310 g/mol. The van der Waals surface area contributed by atoms with Gasteiger partial charge in [0.15, 0.2) is 0 Å². The third kappa shape index (κ3) is 5.18. The van der Waals surface area contributed by atoms with Crippen LogP contribution < -0.4 is 0 Å². The van der Waals surface area contributed by atoms with E-state index in [0.717, 1.165) is 4.90 Å². The highest BCUT2D eigenvalue weighted by Crippen LogP contribution is 2.23. The lowest BCUT2D eigenvalue weighted by molar-refractivity contribution is -0.164. The van der Waals surface area contributed by atoms with Gasteiger partial charge in [-0.05, 0) is 33.2 Å². The van der Waals surface area contributed by atoms with Crippen LogP contribution in [0.3, 0.4) is 0 Å². The molecule has 21 heavy (non-hydrogen) atoms. The summed E-state index contributed by atoms with van der Waals surface area (Å²) in [6.07, 6.45) is -3.32. The molecule has 1 saturated heterocycles. The van der Waals surface area contributed by atoms with Crippen LogP contribution in [0.15, 0.2) is 0 Å². The highest BCUT2D eigenvalue weighted by molar-refractivity contribution is 5.79. The summed E-state index contributed by atoms with van der Waals surface area (Å²) in [7, 11) is 0. The largest absolute Gasteiger partial charge is 0.480 e. The number of carboxylic acid groups (broad SMARTS) is 1. The van der Waals surface area contributed by atoms with Crippen molar-refractivity contribution in [1.82, 2.24) is 9.80 Å². The Labute approximate surface area is 121 Å². The molecule has 0 bridgehead atoms. The highest BCUT2D eigenvalue weighted by Gasteiger charge is 2.37. The number of amides is 1. The van der Waals surface area contributed by atoms with Gasteiger partial charge in [-0.3, -0.25) is 14.5 Å². The Kier molecular flexibility index (Phi) is 6.00. The van der Waals surface area contributed by atoms with Crippen molar-refractivity contribution in [3.05, 3.63) is 0 Å². The maximum Gasteiger partial charge on any atom is 0.406 e. The summed E-state index contributed by atoms with van der Waals surface area (Å²) < 4.78 is 37.3. The maximum atomic E-state index is 12.4. The molecule has 5 nitrogen and oxygen atoms in total. The third-order valence-corrected chi connectivity index (χ3v) is 3.77. The number of aliphatic carboxylic acids is 1. The molecule has 1 rings (SSSR count). The predicted molar refractivity (Wildman–Crippen MR) is 69.7 cm³/mol. The molecule has 2 atom stereocenters. The van der Waals surface area contributed by atoms with Crippen LogP contribution >= 0.6 is 0 Å². The number of carboxylic acids is 1. The minimum atomic E-state index is -4.42. The zero-order valence-electron chi connectivity index (χ0n) is 12.2. The van der Waals surface area contributed by atoms with E-state index >= 15 is 0 Å². The molecule has 0 aliphatic carbocycles. The Hall–Kier alpha value is -1.31. The second-order valence-electron chi connectivity index (χ2n) is 5.32. The zero-order valence-corrected chi connectivity index (χ0v) is 12.2. The molecule has 0 aromatic rings. The van der Waals surface area contributed by atoms with E-state index in [0.29, 0.717) is 19.4 Å². The number of rotatable bonds is 5. The minimum absolute atomic E-state index is 0.0106. The molecule has 0 aromatic carbocycles. The Morgan fingerprint density at radius 2 is 2.05 bits per heavy atom. The molecule has 1 aliphatic heterocycles. The summed E-state index contributed by atoms with van der Waals surface area (Å²) in [5.41, 5.74) is 0. The van der Waals surface area contributed by atoms with Gasteiger partial charge in [-0.1, -0.05) is 0 Å². The molecule has 0 saturated carbocycles. The average molecular weight is 310 g/mol. The number of carbonyl (C=O) groups excluding carboxylic acids is 1. The fourth-order valence-electron chi connectivity index (χ4n) is 2.54. The first kappa shape index (κ1) is 17.7. The Bertz CT molecular complexity index is 387. The number of hydrogen-bond donors (Lipinski definition) is 1. The first-order chi connectivity index (χ1) is 9.65. The first-order valence-electron chi connectivity index (χ1n) is 6.98. The predicted octanol–water partition coefficient (Wildman–Crippen LogP) is 1.58. The van der Waals surface area contributed by atoms with Crippen LogP contribution in [0.25, 0.3) is 0 Å². The van der Waals surface area contributed by atoms with E-state index in [1.165, 1.54) is 13.8 Å². The van der Waals surface area contributed by atoms with Gasteiger partial charge in [0.2, 0.25) is 5.91 Å². The van der Waals surface area contributed by atoms with Gasteiger partial charge in [-0.2, -0.15) is 13.2 Å². The van der Waals surface area contributed by atoms with Crippen molar-refractivity contribution in [2.24, 2.45) is 5.92 Å². The van der Waals surface area contributed by atoms with Crippen molar-refractivity contribution < 1.29 is 27.9 Å².